The number of rotatable bonds is 9. The third kappa shape index (κ3) is 9.14. The Morgan fingerprint density at radius 2 is 1.69 bits per heavy atom. The Bertz CT molecular complexity index is 1410. The number of fused-ring (bicyclic) bond motifs is 1. The van der Waals surface area contributed by atoms with E-state index in [-0.39, 0.29) is 55.5 Å². The van der Waals surface area contributed by atoms with Gasteiger partial charge in [-0.3, -0.25) is 9.79 Å². The van der Waals surface area contributed by atoms with Crippen LogP contribution in [-0.4, -0.2) is 99.3 Å². The molecule has 2 atom stereocenters. The SMILES string of the molecule is CCOC(=O)N1CCN(C(=O)C(CCCN=C(N)NS(=O)(=O)c2c(C)c(C)c3c(c2C)CC(C)O3)NC(=O)OC(C)(C)C)CC1. The summed E-state index contributed by atoms with van der Waals surface area (Å²) < 4.78 is 45.5. The van der Waals surface area contributed by atoms with Crippen molar-refractivity contribution in [1.29, 1.82) is 0 Å². The maximum absolute atomic E-state index is 13.4. The van der Waals surface area contributed by atoms with Gasteiger partial charge in [0, 0.05) is 44.7 Å². The summed E-state index contributed by atoms with van der Waals surface area (Å²) in [6.45, 7) is 15.7. The van der Waals surface area contributed by atoms with Crippen LogP contribution in [0.4, 0.5) is 9.59 Å². The predicted octanol–water partition coefficient (Wildman–Crippen LogP) is 2.50. The number of nitrogens with one attached hydrogen (secondary N) is 2. The van der Waals surface area contributed by atoms with E-state index in [0.29, 0.717) is 37.1 Å². The van der Waals surface area contributed by atoms with Gasteiger partial charge in [-0.1, -0.05) is 0 Å². The smallest absolute Gasteiger partial charge is 0.409 e. The molecule has 1 saturated heterocycles. The molecular formula is C30H48N6O8S. The molecule has 1 aromatic carbocycles. The molecule has 2 aliphatic heterocycles. The predicted molar refractivity (Wildman–Crippen MR) is 169 cm³/mol. The monoisotopic (exact) mass is 652 g/mol. The number of guanidine groups is 1. The van der Waals surface area contributed by atoms with Crippen LogP contribution < -0.4 is 20.5 Å². The number of carbonyl (C=O) groups is 3. The van der Waals surface area contributed by atoms with E-state index in [0.717, 1.165) is 16.9 Å². The summed E-state index contributed by atoms with van der Waals surface area (Å²) in [6.07, 6.45) is -0.0875. The van der Waals surface area contributed by atoms with Gasteiger partial charge in [0.05, 0.1) is 11.5 Å². The standard InChI is InChI=1S/C30H48N6O8S/c1-9-42-29(39)36-15-13-35(14-16-36)26(37)23(33-28(38)44-30(6,7)8)11-10-12-32-27(31)34-45(40,41)25-20(4)19(3)24-22(21(25)5)17-18(2)43-24/h18,23H,9-17H2,1-8H3,(H,33,38)(H3,31,32,34). The molecule has 14 nitrogen and oxygen atoms in total. The highest BCUT2D eigenvalue weighted by molar-refractivity contribution is 7.90. The lowest BCUT2D eigenvalue weighted by atomic mass is 9.97. The van der Waals surface area contributed by atoms with Crippen LogP contribution in [0.3, 0.4) is 0 Å². The van der Waals surface area contributed by atoms with Gasteiger partial charge in [0.1, 0.15) is 23.5 Å². The van der Waals surface area contributed by atoms with Crippen LogP contribution in [0, 0.1) is 20.8 Å². The molecule has 4 N–H and O–H groups in total. The Labute approximate surface area is 266 Å². The molecule has 2 heterocycles. The summed E-state index contributed by atoms with van der Waals surface area (Å²) >= 11 is 0. The second kappa shape index (κ2) is 14.6. The van der Waals surface area contributed by atoms with E-state index in [4.69, 9.17) is 19.9 Å². The Morgan fingerprint density at radius 1 is 1.07 bits per heavy atom. The Kier molecular flexibility index (Phi) is 11.6. The quantitative estimate of drug-likeness (QED) is 0.205. The van der Waals surface area contributed by atoms with Crippen LogP contribution >= 0.6 is 0 Å². The Balaban J connectivity index is 1.66. The largest absolute Gasteiger partial charge is 0.490 e. The molecule has 15 heteroatoms. The molecule has 2 unspecified atom stereocenters. The van der Waals surface area contributed by atoms with Crippen LogP contribution in [0.25, 0.3) is 0 Å². The number of nitrogens with zero attached hydrogens (tertiary/aromatic N) is 3. The molecule has 0 saturated carbocycles. The van der Waals surface area contributed by atoms with Crippen molar-refractivity contribution in [2.24, 2.45) is 10.7 Å². The van der Waals surface area contributed by atoms with E-state index in [1.807, 2.05) is 13.8 Å². The van der Waals surface area contributed by atoms with Crippen molar-refractivity contribution in [2.75, 3.05) is 39.3 Å². The maximum atomic E-state index is 13.4. The molecule has 45 heavy (non-hydrogen) atoms. The number of aliphatic imine (C=N–C) groups is 1. The lowest BCUT2D eigenvalue weighted by molar-refractivity contribution is -0.135. The molecule has 0 bridgehead atoms. The number of sulfonamides is 1. The highest BCUT2D eigenvalue weighted by Crippen LogP contribution is 2.40. The third-order valence-corrected chi connectivity index (χ3v) is 9.30. The first-order valence-electron chi connectivity index (χ1n) is 15.3. The molecule has 3 rings (SSSR count). The van der Waals surface area contributed by atoms with Gasteiger partial charge >= 0.3 is 12.2 Å². The zero-order valence-corrected chi connectivity index (χ0v) is 28.4. The fraction of sp³-hybridized carbons (Fsp3) is 0.667. The van der Waals surface area contributed by atoms with Gasteiger partial charge in [0.2, 0.25) is 11.9 Å². The summed E-state index contributed by atoms with van der Waals surface area (Å²) in [4.78, 5) is 45.5. The zero-order valence-electron chi connectivity index (χ0n) is 27.6. The van der Waals surface area contributed by atoms with Crippen molar-refractivity contribution in [3.63, 3.8) is 0 Å². The summed E-state index contributed by atoms with van der Waals surface area (Å²) in [6, 6.07) is -0.925. The summed E-state index contributed by atoms with van der Waals surface area (Å²) in [5, 5.41) is 2.65. The number of hydrogen-bond donors (Lipinski definition) is 3. The van der Waals surface area contributed by atoms with E-state index in [1.54, 1.807) is 46.4 Å². The minimum absolute atomic E-state index is 0.0379. The molecule has 3 amide bonds. The second-order valence-electron chi connectivity index (χ2n) is 12.4. The van der Waals surface area contributed by atoms with E-state index < -0.39 is 33.9 Å². The number of nitrogens with two attached hydrogens (primary N) is 1. The normalized spacial score (nSPS) is 17.7. The van der Waals surface area contributed by atoms with Crippen molar-refractivity contribution in [3.8, 4) is 5.75 Å². The number of hydrogen-bond acceptors (Lipinski definition) is 9. The average Bonchev–Trinajstić information content (AvgIpc) is 3.34. The molecule has 2 aliphatic rings. The lowest BCUT2D eigenvalue weighted by Crippen LogP contribution is -2.56. The van der Waals surface area contributed by atoms with E-state index >= 15 is 0 Å². The second-order valence-corrected chi connectivity index (χ2v) is 14.0. The van der Waals surface area contributed by atoms with Crippen molar-refractivity contribution in [2.45, 2.75) is 97.3 Å². The first kappa shape index (κ1) is 35.7. The zero-order chi connectivity index (χ0) is 33.7. The molecule has 1 fully saturated rings. The highest BCUT2D eigenvalue weighted by atomic mass is 32.2. The molecule has 1 aromatic rings. The number of ether oxygens (including phenoxy) is 3. The van der Waals surface area contributed by atoms with E-state index in [1.165, 1.54) is 4.90 Å². The fourth-order valence-corrected chi connectivity index (χ4v) is 6.99. The lowest BCUT2D eigenvalue weighted by Gasteiger charge is -2.36. The summed E-state index contributed by atoms with van der Waals surface area (Å²) in [7, 11) is -4.04. The maximum Gasteiger partial charge on any atom is 0.409 e. The number of amides is 3. The molecular weight excluding hydrogens is 604 g/mol. The number of alkyl carbamates (subject to hydrolysis) is 1. The molecule has 0 spiro atoms. The van der Waals surface area contributed by atoms with Crippen molar-refractivity contribution < 1.29 is 37.0 Å². The number of benzene rings is 1. The first-order valence-corrected chi connectivity index (χ1v) is 16.8. The van der Waals surface area contributed by atoms with Crippen LogP contribution in [-0.2, 0) is 30.7 Å². The highest BCUT2D eigenvalue weighted by Gasteiger charge is 2.33. The van der Waals surface area contributed by atoms with E-state index in [2.05, 4.69) is 15.0 Å². The topological polar surface area (TPSA) is 182 Å². The van der Waals surface area contributed by atoms with Gasteiger partial charge < -0.3 is 35.1 Å². The first-order chi connectivity index (χ1) is 20.9. The van der Waals surface area contributed by atoms with E-state index in [9.17, 15) is 22.8 Å². The number of piperazine rings is 1. The van der Waals surface area contributed by atoms with Crippen LogP contribution in [0.2, 0.25) is 0 Å². The Morgan fingerprint density at radius 3 is 2.29 bits per heavy atom. The molecule has 0 aromatic heterocycles. The molecule has 0 radical (unpaired) electrons. The van der Waals surface area contributed by atoms with Gasteiger partial charge in [-0.05, 0) is 84.9 Å². The Hall–Kier alpha value is -3.75. The van der Waals surface area contributed by atoms with Gasteiger partial charge in [-0.15, -0.1) is 0 Å². The van der Waals surface area contributed by atoms with Crippen molar-refractivity contribution in [1.82, 2.24) is 19.8 Å². The van der Waals surface area contributed by atoms with Gasteiger partial charge in [-0.25, -0.2) is 22.7 Å². The van der Waals surface area contributed by atoms with Gasteiger partial charge in [0.15, 0.2) is 0 Å². The molecule has 252 valence electrons. The van der Waals surface area contributed by atoms with Crippen LogP contribution in [0.5, 0.6) is 5.75 Å². The van der Waals surface area contributed by atoms with Crippen molar-refractivity contribution in [3.05, 3.63) is 22.3 Å². The fourth-order valence-electron chi connectivity index (χ4n) is 5.46. The minimum Gasteiger partial charge on any atom is -0.490 e. The average molecular weight is 653 g/mol. The summed E-state index contributed by atoms with van der Waals surface area (Å²) in [5.74, 6) is 0.135. The summed E-state index contributed by atoms with van der Waals surface area (Å²) in [5.41, 5.74) is 8.08. The van der Waals surface area contributed by atoms with Crippen LogP contribution in [0.1, 0.15) is 69.7 Å². The van der Waals surface area contributed by atoms with Crippen LogP contribution in [0.15, 0.2) is 9.89 Å². The third-order valence-electron chi connectivity index (χ3n) is 7.67. The number of carbonyl (C=O) groups excluding carboxylic acids is 3. The minimum atomic E-state index is -4.04. The van der Waals surface area contributed by atoms with Crippen molar-refractivity contribution >= 4 is 34.1 Å². The van der Waals surface area contributed by atoms with Gasteiger partial charge in [-0.2, -0.15) is 0 Å². The van der Waals surface area contributed by atoms with Gasteiger partial charge in [0.25, 0.3) is 10.0 Å². The molecule has 0 aliphatic carbocycles.